The largest absolute Gasteiger partial charge is 0.351 e. The van der Waals surface area contributed by atoms with Gasteiger partial charge in [-0.1, -0.05) is 0 Å². The van der Waals surface area contributed by atoms with E-state index in [4.69, 9.17) is 0 Å². The van der Waals surface area contributed by atoms with Crippen molar-refractivity contribution >= 4 is 23.0 Å². The van der Waals surface area contributed by atoms with Crippen LogP contribution in [0.15, 0.2) is 0 Å². The number of nitrogens with one attached hydrogen (secondary N) is 1. The predicted molar refractivity (Wildman–Crippen MR) is 33.6 cm³/mol. The number of nitrogens with two attached hydrogens (primary N) is 2. The van der Waals surface area contributed by atoms with Gasteiger partial charge in [0.25, 0.3) is 0 Å². The van der Waals surface area contributed by atoms with Crippen molar-refractivity contribution < 1.29 is 9.59 Å². The van der Waals surface area contributed by atoms with Gasteiger partial charge < -0.3 is 11.5 Å². The first kappa shape index (κ1) is 10.0. The first-order valence-corrected chi connectivity index (χ1v) is 1.49. The van der Waals surface area contributed by atoms with E-state index in [0.717, 1.165) is 0 Å². The Labute approximate surface area is 50.4 Å². The van der Waals surface area contributed by atoms with Crippen molar-refractivity contribution in [3.63, 3.8) is 0 Å². The number of imide groups is 1. The quantitative estimate of drug-likeness (QED) is 0.314. The highest BCUT2D eigenvalue weighted by molar-refractivity contribution is 5.91. The summed E-state index contributed by atoms with van der Waals surface area (Å²) >= 11 is 0. The molecule has 48 valence electrons. The topological polar surface area (TPSA) is 98.2 Å². The van der Waals surface area contributed by atoms with Gasteiger partial charge in [0.05, 0.1) is 0 Å². The van der Waals surface area contributed by atoms with E-state index >= 15 is 0 Å². The number of amides is 4. The molecule has 5 nitrogen and oxygen atoms in total. The van der Waals surface area contributed by atoms with E-state index in [9.17, 15) is 9.59 Å². The average molecular weight is 135 g/mol. The Morgan fingerprint density at radius 1 is 1.12 bits per heavy atom. The number of hydrogen-bond donors (Lipinski definition) is 3. The second kappa shape index (κ2) is 4.12. The van der Waals surface area contributed by atoms with Crippen LogP contribution in [-0.2, 0) is 0 Å². The molecule has 0 atom stereocenters. The zero-order chi connectivity index (χ0) is 5.86. The molecule has 0 rings (SSSR count). The van der Waals surface area contributed by atoms with Crippen LogP contribution in [0.25, 0.3) is 0 Å². The monoisotopic (exact) mass is 135 g/mol. The molecule has 5 N–H and O–H groups in total. The van der Waals surface area contributed by atoms with Crippen molar-refractivity contribution in [2.24, 2.45) is 11.5 Å². The van der Waals surface area contributed by atoms with Crippen LogP contribution in [0.1, 0.15) is 0 Å². The molecule has 0 aliphatic heterocycles. The first-order chi connectivity index (χ1) is 3.13. The van der Waals surface area contributed by atoms with Crippen molar-refractivity contribution in [1.82, 2.24) is 5.32 Å². The van der Waals surface area contributed by atoms with Gasteiger partial charge in [-0.15, -0.1) is 0 Å². The molecule has 0 bridgehead atoms. The molecule has 0 aliphatic rings. The number of primary amides is 2. The Balaban J connectivity index is 0. The molecule has 0 aromatic heterocycles. The zero-order valence-corrected chi connectivity index (χ0v) is 3.47. The van der Waals surface area contributed by atoms with Crippen LogP contribution in [0.2, 0.25) is 0 Å². The van der Waals surface area contributed by atoms with E-state index in [1.165, 1.54) is 0 Å². The molecule has 4 amide bonds. The minimum Gasteiger partial charge on any atom is -0.351 e. The molecule has 0 aromatic carbocycles. The minimum absolute atomic E-state index is 0. The smallest absolute Gasteiger partial charge is 0.320 e. The summed E-state index contributed by atoms with van der Waals surface area (Å²) in [5.74, 6) is 0. The fourth-order valence-corrected chi connectivity index (χ4v) is 0.121. The summed E-state index contributed by atoms with van der Waals surface area (Å²) in [4.78, 5) is 19.2. The van der Waals surface area contributed by atoms with E-state index in [1.54, 1.807) is 5.32 Å². The third kappa shape index (κ3) is 8.88. The average Bonchev–Trinajstić information content (AvgIpc) is 1.27. The van der Waals surface area contributed by atoms with Crippen LogP contribution in [0, 0.1) is 0 Å². The standard InChI is InChI=1S/C2H5N3O2.H4Si/c3-1(6)5-2(4)7;/h(H5,3,4,5,6,7);1H4. The van der Waals surface area contributed by atoms with E-state index in [-0.39, 0.29) is 11.0 Å². The highest BCUT2D eigenvalue weighted by Gasteiger charge is 1.92. The Morgan fingerprint density at radius 3 is 1.38 bits per heavy atom. The van der Waals surface area contributed by atoms with Gasteiger partial charge in [0, 0.05) is 0 Å². The lowest BCUT2D eigenvalue weighted by Crippen LogP contribution is -2.38. The third-order valence-corrected chi connectivity index (χ3v) is 0.246. The lowest BCUT2D eigenvalue weighted by Gasteiger charge is -1.88. The molecule has 0 saturated carbocycles. The van der Waals surface area contributed by atoms with E-state index in [1.807, 2.05) is 0 Å². The van der Waals surface area contributed by atoms with Crippen LogP contribution in [0.5, 0.6) is 0 Å². The molecule has 0 aliphatic carbocycles. The molecule has 0 spiro atoms. The van der Waals surface area contributed by atoms with Crippen LogP contribution >= 0.6 is 0 Å². The van der Waals surface area contributed by atoms with Gasteiger partial charge in [0.15, 0.2) is 0 Å². The Morgan fingerprint density at radius 2 is 1.38 bits per heavy atom. The van der Waals surface area contributed by atoms with Crippen molar-refractivity contribution in [2.45, 2.75) is 0 Å². The van der Waals surface area contributed by atoms with Gasteiger partial charge >= 0.3 is 12.1 Å². The first-order valence-electron chi connectivity index (χ1n) is 1.49. The summed E-state index contributed by atoms with van der Waals surface area (Å²) in [6.07, 6.45) is 0. The molecule has 8 heavy (non-hydrogen) atoms. The summed E-state index contributed by atoms with van der Waals surface area (Å²) in [7, 11) is 0. The van der Waals surface area contributed by atoms with Crippen molar-refractivity contribution in [3.8, 4) is 0 Å². The normalized spacial score (nSPS) is 6.50. The summed E-state index contributed by atoms with van der Waals surface area (Å²) < 4.78 is 0. The zero-order valence-electron chi connectivity index (χ0n) is 3.47. The highest BCUT2D eigenvalue weighted by Crippen LogP contribution is 1.51. The van der Waals surface area contributed by atoms with Gasteiger partial charge in [-0.2, -0.15) is 0 Å². The molecule has 0 heterocycles. The lowest BCUT2D eigenvalue weighted by atomic mass is 10.9. The third-order valence-electron chi connectivity index (χ3n) is 0.246. The number of carbonyl (C=O) groups is 2. The second-order valence-corrected chi connectivity index (χ2v) is 0.854. The summed E-state index contributed by atoms with van der Waals surface area (Å²) in [6.45, 7) is 0. The van der Waals surface area contributed by atoms with E-state index < -0.39 is 12.1 Å². The minimum atomic E-state index is -0.938. The summed E-state index contributed by atoms with van der Waals surface area (Å²) in [5.41, 5.74) is 8.88. The molecule has 0 saturated heterocycles. The second-order valence-electron chi connectivity index (χ2n) is 0.854. The van der Waals surface area contributed by atoms with Gasteiger partial charge in [-0.05, 0) is 11.0 Å². The number of hydrogen-bond acceptors (Lipinski definition) is 2. The van der Waals surface area contributed by atoms with Crippen molar-refractivity contribution in [2.75, 3.05) is 0 Å². The Kier molecular flexibility index (Phi) is 5.18. The molecule has 0 unspecified atom stereocenters. The number of carbonyl (C=O) groups excluding carboxylic acids is 2. The van der Waals surface area contributed by atoms with E-state index in [2.05, 4.69) is 11.5 Å². The van der Waals surface area contributed by atoms with Crippen LogP contribution in [0.4, 0.5) is 9.59 Å². The van der Waals surface area contributed by atoms with Gasteiger partial charge in [0.2, 0.25) is 0 Å². The number of rotatable bonds is 0. The Hall–Kier alpha value is -1.04. The molecular formula is C2H9N3O2Si. The molecule has 0 aromatic rings. The Bertz CT molecular complexity index is 91.5. The van der Waals surface area contributed by atoms with Gasteiger partial charge in [-0.3, -0.25) is 5.32 Å². The maximum Gasteiger partial charge on any atom is 0.320 e. The van der Waals surface area contributed by atoms with Crippen molar-refractivity contribution in [1.29, 1.82) is 0 Å². The van der Waals surface area contributed by atoms with E-state index in [0.29, 0.717) is 0 Å². The fraction of sp³-hybridized carbons (Fsp3) is 0. The summed E-state index contributed by atoms with van der Waals surface area (Å²) in [5, 5.41) is 1.58. The fourth-order valence-electron chi connectivity index (χ4n) is 0.121. The SMILES string of the molecule is NC(=O)NC(N)=O.[SiH4]. The molecule has 6 heteroatoms. The van der Waals surface area contributed by atoms with Gasteiger partial charge in [-0.25, -0.2) is 9.59 Å². The molecule has 0 radical (unpaired) electrons. The van der Waals surface area contributed by atoms with Crippen LogP contribution in [-0.4, -0.2) is 23.0 Å². The maximum absolute atomic E-state index is 9.62. The number of urea groups is 2. The highest BCUT2D eigenvalue weighted by atomic mass is 28.1. The molecule has 0 fully saturated rings. The van der Waals surface area contributed by atoms with Gasteiger partial charge in [0.1, 0.15) is 0 Å². The van der Waals surface area contributed by atoms with Crippen LogP contribution in [0.3, 0.4) is 0 Å². The maximum atomic E-state index is 9.62. The summed E-state index contributed by atoms with van der Waals surface area (Å²) in [6, 6.07) is -1.88. The van der Waals surface area contributed by atoms with Crippen LogP contribution < -0.4 is 16.8 Å². The molecular weight excluding hydrogens is 126 g/mol. The predicted octanol–water partition coefficient (Wildman–Crippen LogP) is -2.72. The van der Waals surface area contributed by atoms with Crippen molar-refractivity contribution in [3.05, 3.63) is 0 Å². The lowest BCUT2D eigenvalue weighted by molar-refractivity contribution is 0.236.